The van der Waals surface area contributed by atoms with E-state index in [0.717, 1.165) is 0 Å². The van der Waals surface area contributed by atoms with Crippen LogP contribution in [0.15, 0.2) is 23.0 Å². The Morgan fingerprint density at radius 1 is 1.50 bits per heavy atom. The molecular weight excluding hydrogens is 284 g/mol. The Balaban J connectivity index is 2.38. The van der Waals surface area contributed by atoms with Crippen LogP contribution in [0.2, 0.25) is 5.02 Å². The van der Waals surface area contributed by atoms with E-state index in [1.807, 2.05) is 0 Å². The number of ether oxygens (including phenoxy) is 1. The largest absolute Gasteiger partial charge is 0.449 e. The second kappa shape index (κ2) is 5.79. The molecule has 0 aliphatic rings. The van der Waals surface area contributed by atoms with Gasteiger partial charge >= 0.3 is 6.09 Å². The van der Waals surface area contributed by atoms with Crippen molar-refractivity contribution >= 4 is 34.5 Å². The highest BCUT2D eigenvalue weighted by Gasteiger charge is 2.11. The molecule has 0 radical (unpaired) electrons. The van der Waals surface area contributed by atoms with E-state index in [-0.39, 0.29) is 12.4 Å². The van der Waals surface area contributed by atoms with E-state index >= 15 is 0 Å². The van der Waals surface area contributed by atoms with Gasteiger partial charge in [0.1, 0.15) is 0 Å². The number of halogens is 1. The van der Waals surface area contributed by atoms with Gasteiger partial charge in [-0.3, -0.25) is 10.2 Å². The predicted molar refractivity (Wildman–Crippen MR) is 75.8 cm³/mol. The third-order valence-electron chi connectivity index (χ3n) is 2.60. The number of hydrogen-bond donors (Lipinski definition) is 2. The molecule has 0 saturated heterocycles. The first-order valence-corrected chi connectivity index (χ1v) is 6.26. The van der Waals surface area contributed by atoms with Gasteiger partial charge in [-0.25, -0.2) is 15.2 Å². The number of nitrogens with one attached hydrogen (secondary N) is 2. The van der Waals surface area contributed by atoms with E-state index < -0.39 is 11.7 Å². The van der Waals surface area contributed by atoms with Crippen LogP contribution in [0.4, 0.5) is 10.6 Å². The number of nitrogens with zero attached hydrogens (tertiary/aromatic N) is 2. The summed E-state index contributed by atoms with van der Waals surface area (Å²) in [6, 6.07) is 5.12. The van der Waals surface area contributed by atoms with Gasteiger partial charge in [-0.2, -0.15) is 0 Å². The summed E-state index contributed by atoms with van der Waals surface area (Å²) in [6.45, 7) is 1.90. The summed E-state index contributed by atoms with van der Waals surface area (Å²) < 4.78 is 6.03. The van der Waals surface area contributed by atoms with Crippen LogP contribution in [0, 0.1) is 0 Å². The summed E-state index contributed by atoms with van der Waals surface area (Å²) in [7, 11) is 1.58. The summed E-state index contributed by atoms with van der Waals surface area (Å²) in [4.78, 5) is 27.4. The number of fused-ring (bicyclic) bond motifs is 1. The maximum Gasteiger partial charge on any atom is 0.425 e. The van der Waals surface area contributed by atoms with Crippen molar-refractivity contribution in [1.29, 1.82) is 0 Å². The molecular formula is C12H13ClN4O3. The second-order valence-corrected chi connectivity index (χ2v) is 4.31. The van der Waals surface area contributed by atoms with Crippen LogP contribution in [-0.2, 0) is 11.8 Å². The van der Waals surface area contributed by atoms with Crippen molar-refractivity contribution in [2.24, 2.45) is 7.05 Å². The highest BCUT2D eigenvalue weighted by Crippen LogP contribution is 2.20. The monoisotopic (exact) mass is 296 g/mol. The Hall–Kier alpha value is -2.28. The number of para-hydroxylation sites is 1. The zero-order chi connectivity index (χ0) is 14.7. The Bertz CT molecular complexity index is 714. The zero-order valence-corrected chi connectivity index (χ0v) is 11.7. The minimum absolute atomic E-state index is 0.0182. The molecule has 7 nitrogen and oxygen atoms in total. The number of carbonyl (C=O) groups excluding carboxylic acids is 1. The number of carbonyl (C=O) groups is 1. The van der Waals surface area contributed by atoms with Gasteiger partial charge in [-0.05, 0) is 19.1 Å². The van der Waals surface area contributed by atoms with Crippen LogP contribution in [0.25, 0.3) is 11.0 Å². The molecule has 1 amide bonds. The van der Waals surface area contributed by atoms with Gasteiger partial charge in [-0.15, -0.1) is 0 Å². The van der Waals surface area contributed by atoms with Gasteiger partial charge in [0.25, 0.3) is 5.56 Å². The molecule has 20 heavy (non-hydrogen) atoms. The lowest BCUT2D eigenvalue weighted by atomic mass is 10.3. The van der Waals surface area contributed by atoms with E-state index in [1.54, 1.807) is 32.2 Å². The highest BCUT2D eigenvalue weighted by molar-refractivity contribution is 6.34. The summed E-state index contributed by atoms with van der Waals surface area (Å²) in [5, 5.41) is 0.430. The summed E-state index contributed by atoms with van der Waals surface area (Å²) in [5.41, 5.74) is 5.31. The summed E-state index contributed by atoms with van der Waals surface area (Å²) >= 11 is 6.05. The summed E-state index contributed by atoms with van der Waals surface area (Å²) in [5.74, 6) is -0.0182. The lowest BCUT2D eigenvalue weighted by Crippen LogP contribution is -2.34. The zero-order valence-electron chi connectivity index (χ0n) is 10.9. The van der Waals surface area contributed by atoms with Crippen molar-refractivity contribution in [3.05, 3.63) is 33.6 Å². The van der Waals surface area contributed by atoms with Crippen LogP contribution in [0.3, 0.4) is 0 Å². The second-order valence-electron chi connectivity index (χ2n) is 3.90. The number of rotatable bonds is 3. The minimum atomic E-state index is -0.692. The predicted octanol–water partition coefficient (Wildman–Crippen LogP) is 1.66. The third-order valence-corrected chi connectivity index (χ3v) is 2.90. The van der Waals surface area contributed by atoms with E-state index in [4.69, 9.17) is 11.6 Å². The van der Waals surface area contributed by atoms with E-state index in [9.17, 15) is 9.59 Å². The number of amides is 1. The Morgan fingerprint density at radius 3 is 2.95 bits per heavy atom. The Labute approximate surface area is 119 Å². The number of aryl methyl sites for hydroxylation is 1. The first-order valence-electron chi connectivity index (χ1n) is 5.88. The SMILES string of the molecule is CCOC(=O)NNc1nc2cccc(Cl)c2n(C)c1=O. The molecule has 1 aromatic heterocycles. The van der Waals surface area contributed by atoms with Gasteiger partial charge < -0.3 is 9.30 Å². The molecule has 0 aliphatic carbocycles. The molecule has 0 spiro atoms. The molecule has 2 aromatic rings. The lowest BCUT2D eigenvalue weighted by Gasteiger charge is -2.11. The van der Waals surface area contributed by atoms with Crippen molar-refractivity contribution in [1.82, 2.24) is 15.0 Å². The minimum Gasteiger partial charge on any atom is -0.449 e. The normalized spacial score (nSPS) is 10.3. The average Bonchev–Trinajstić information content (AvgIpc) is 2.41. The molecule has 8 heteroatoms. The molecule has 0 fully saturated rings. The lowest BCUT2D eigenvalue weighted by molar-refractivity contribution is 0.154. The fourth-order valence-corrected chi connectivity index (χ4v) is 2.01. The van der Waals surface area contributed by atoms with Gasteiger partial charge in [0.15, 0.2) is 0 Å². The average molecular weight is 297 g/mol. The van der Waals surface area contributed by atoms with Crippen LogP contribution in [-0.4, -0.2) is 22.3 Å². The molecule has 0 unspecified atom stereocenters. The van der Waals surface area contributed by atoms with Crippen molar-refractivity contribution in [3.63, 3.8) is 0 Å². The van der Waals surface area contributed by atoms with E-state index in [1.165, 1.54) is 4.57 Å². The van der Waals surface area contributed by atoms with Crippen LogP contribution < -0.4 is 16.4 Å². The topological polar surface area (TPSA) is 85.2 Å². The van der Waals surface area contributed by atoms with Crippen molar-refractivity contribution < 1.29 is 9.53 Å². The Morgan fingerprint density at radius 2 is 2.25 bits per heavy atom. The number of hydrogen-bond acceptors (Lipinski definition) is 5. The molecule has 0 aliphatic heterocycles. The molecule has 1 aromatic carbocycles. The van der Waals surface area contributed by atoms with Crippen molar-refractivity contribution in [2.75, 3.05) is 12.0 Å². The highest BCUT2D eigenvalue weighted by atomic mass is 35.5. The maximum absolute atomic E-state index is 12.1. The smallest absolute Gasteiger partial charge is 0.425 e. The third kappa shape index (κ3) is 2.67. The molecule has 1 heterocycles. The molecule has 2 N–H and O–H groups in total. The van der Waals surface area contributed by atoms with Crippen LogP contribution in [0.1, 0.15) is 6.92 Å². The van der Waals surface area contributed by atoms with E-state index in [2.05, 4.69) is 20.6 Å². The molecule has 2 rings (SSSR count). The quantitative estimate of drug-likeness (QED) is 0.841. The number of aromatic nitrogens is 2. The molecule has 0 atom stereocenters. The van der Waals surface area contributed by atoms with Crippen molar-refractivity contribution in [2.45, 2.75) is 6.92 Å². The standard InChI is InChI=1S/C12H13ClN4O3/c1-3-20-12(19)16-15-10-11(18)17(2)9-7(13)5-4-6-8(9)14-10/h4-6H,3H2,1-2H3,(H,14,15)(H,16,19). The first kappa shape index (κ1) is 14.1. The molecule has 0 saturated carbocycles. The van der Waals surface area contributed by atoms with Gasteiger partial charge in [0.05, 0.1) is 22.7 Å². The van der Waals surface area contributed by atoms with Gasteiger partial charge in [-0.1, -0.05) is 17.7 Å². The fraction of sp³-hybridized carbons (Fsp3) is 0.250. The molecule has 0 bridgehead atoms. The maximum atomic E-state index is 12.1. The van der Waals surface area contributed by atoms with E-state index in [0.29, 0.717) is 16.1 Å². The van der Waals surface area contributed by atoms with Gasteiger partial charge in [0, 0.05) is 7.05 Å². The first-order chi connectivity index (χ1) is 9.54. The summed E-state index contributed by atoms with van der Waals surface area (Å²) in [6.07, 6.45) is -0.692. The number of hydrazine groups is 1. The number of anilines is 1. The number of benzene rings is 1. The van der Waals surface area contributed by atoms with Crippen LogP contribution >= 0.6 is 11.6 Å². The fourth-order valence-electron chi connectivity index (χ4n) is 1.71. The van der Waals surface area contributed by atoms with Gasteiger partial charge in [0.2, 0.25) is 5.82 Å². The van der Waals surface area contributed by atoms with Crippen LogP contribution in [0.5, 0.6) is 0 Å². The van der Waals surface area contributed by atoms with Crippen molar-refractivity contribution in [3.8, 4) is 0 Å². The molecule has 106 valence electrons. The Kier molecular flexibility index (Phi) is 4.09.